The normalized spacial score (nSPS) is 12.0. The van der Waals surface area contributed by atoms with Crippen molar-refractivity contribution in [3.8, 4) is 11.1 Å². The van der Waals surface area contributed by atoms with Gasteiger partial charge in [-0.25, -0.2) is 0 Å². The van der Waals surface area contributed by atoms with E-state index in [-0.39, 0.29) is 6.04 Å². The smallest absolute Gasteiger partial charge is 0.207 e. The highest BCUT2D eigenvalue weighted by atomic mass is 16.1. The average Bonchev–Trinajstić information content (AvgIpc) is 2.48. The third-order valence-electron chi connectivity index (χ3n) is 3.93. The molecule has 1 N–H and O–H groups in total. The van der Waals surface area contributed by atoms with Gasteiger partial charge in [-0.15, -0.1) is 0 Å². The predicted octanol–water partition coefficient (Wildman–Crippen LogP) is 4.04. The summed E-state index contributed by atoms with van der Waals surface area (Å²) in [5, 5.41) is 2.81. The quantitative estimate of drug-likeness (QED) is 0.796. The summed E-state index contributed by atoms with van der Waals surface area (Å²) in [5.74, 6) is 0. The summed E-state index contributed by atoms with van der Waals surface area (Å²) >= 11 is 0. The van der Waals surface area contributed by atoms with Crippen molar-refractivity contribution in [3.63, 3.8) is 0 Å². The van der Waals surface area contributed by atoms with Crippen LogP contribution in [0.3, 0.4) is 0 Å². The van der Waals surface area contributed by atoms with Crippen LogP contribution < -0.4 is 5.32 Å². The first kappa shape index (κ1) is 15.3. The Balaban J connectivity index is 2.17. The van der Waals surface area contributed by atoms with Crippen molar-refractivity contribution in [2.45, 2.75) is 39.7 Å². The molecular formula is C19H23NO. The topological polar surface area (TPSA) is 29.1 Å². The lowest BCUT2D eigenvalue weighted by molar-refractivity contribution is -0.110. The summed E-state index contributed by atoms with van der Waals surface area (Å²) in [4.78, 5) is 10.4. The van der Waals surface area contributed by atoms with E-state index in [0.29, 0.717) is 0 Å². The van der Waals surface area contributed by atoms with E-state index in [2.05, 4.69) is 61.6 Å². The lowest BCUT2D eigenvalue weighted by Gasteiger charge is -2.13. The number of amides is 1. The SMILES string of the molecule is Cc1ccc(-c2ccc(C)c(CC[C@H](C)NC=O)c2)cc1. The number of carbonyl (C=O) groups is 1. The molecule has 0 radical (unpaired) electrons. The molecule has 0 fully saturated rings. The maximum absolute atomic E-state index is 10.4. The van der Waals surface area contributed by atoms with Crippen molar-refractivity contribution in [2.24, 2.45) is 0 Å². The van der Waals surface area contributed by atoms with Gasteiger partial charge >= 0.3 is 0 Å². The highest BCUT2D eigenvalue weighted by Crippen LogP contribution is 2.23. The number of aryl methyl sites for hydroxylation is 3. The van der Waals surface area contributed by atoms with Gasteiger partial charge in [0.15, 0.2) is 0 Å². The summed E-state index contributed by atoms with van der Waals surface area (Å²) in [7, 11) is 0. The van der Waals surface area contributed by atoms with Gasteiger partial charge in [0.1, 0.15) is 0 Å². The molecule has 1 atom stereocenters. The largest absolute Gasteiger partial charge is 0.356 e. The lowest BCUT2D eigenvalue weighted by atomic mass is 9.96. The molecule has 0 aliphatic rings. The van der Waals surface area contributed by atoms with E-state index in [4.69, 9.17) is 0 Å². The lowest BCUT2D eigenvalue weighted by Crippen LogP contribution is -2.24. The van der Waals surface area contributed by atoms with Gasteiger partial charge in [0.2, 0.25) is 6.41 Å². The predicted molar refractivity (Wildman–Crippen MR) is 88.3 cm³/mol. The highest BCUT2D eigenvalue weighted by Gasteiger charge is 2.06. The first-order valence-electron chi connectivity index (χ1n) is 7.46. The summed E-state index contributed by atoms with van der Waals surface area (Å²) in [6.45, 7) is 6.28. The minimum atomic E-state index is 0.213. The molecule has 2 aromatic rings. The minimum absolute atomic E-state index is 0.213. The minimum Gasteiger partial charge on any atom is -0.356 e. The van der Waals surface area contributed by atoms with Crippen molar-refractivity contribution in [1.29, 1.82) is 0 Å². The average molecular weight is 281 g/mol. The number of carbonyl (C=O) groups excluding carboxylic acids is 1. The summed E-state index contributed by atoms with van der Waals surface area (Å²) in [5.41, 5.74) is 6.45. The molecule has 0 bridgehead atoms. The maximum Gasteiger partial charge on any atom is 0.207 e. The Morgan fingerprint density at radius 3 is 2.38 bits per heavy atom. The molecule has 0 aromatic heterocycles. The molecule has 0 heterocycles. The van der Waals surface area contributed by atoms with E-state index in [1.165, 1.54) is 27.8 Å². The van der Waals surface area contributed by atoms with Crippen molar-refractivity contribution < 1.29 is 4.79 Å². The summed E-state index contributed by atoms with van der Waals surface area (Å²) in [6.07, 6.45) is 2.71. The van der Waals surface area contributed by atoms with Crippen molar-refractivity contribution in [2.75, 3.05) is 0 Å². The molecule has 21 heavy (non-hydrogen) atoms. The fourth-order valence-electron chi connectivity index (χ4n) is 2.44. The van der Waals surface area contributed by atoms with Crippen LogP contribution in [-0.2, 0) is 11.2 Å². The van der Waals surface area contributed by atoms with Crippen LogP contribution in [0.4, 0.5) is 0 Å². The van der Waals surface area contributed by atoms with Crippen LogP contribution in [0.5, 0.6) is 0 Å². The molecular weight excluding hydrogens is 258 g/mol. The Hall–Kier alpha value is -2.09. The first-order valence-corrected chi connectivity index (χ1v) is 7.46. The number of hydrogen-bond donors (Lipinski definition) is 1. The molecule has 2 rings (SSSR count). The van der Waals surface area contributed by atoms with Crippen LogP contribution in [-0.4, -0.2) is 12.5 Å². The number of benzene rings is 2. The standard InChI is InChI=1S/C19H23NO/c1-14-4-8-17(9-5-14)19-10-6-15(2)18(12-19)11-7-16(3)20-13-21/h4-6,8-10,12-13,16H,7,11H2,1-3H3,(H,20,21)/t16-/m0/s1. The second-order valence-corrected chi connectivity index (χ2v) is 5.73. The third-order valence-corrected chi connectivity index (χ3v) is 3.93. The Morgan fingerprint density at radius 1 is 1.05 bits per heavy atom. The van der Waals surface area contributed by atoms with Gasteiger partial charge in [0.05, 0.1) is 0 Å². The van der Waals surface area contributed by atoms with Gasteiger partial charge < -0.3 is 5.32 Å². The van der Waals surface area contributed by atoms with Crippen molar-refractivity contribution in [3.05, 3.63) is 59.2 Å². The third kappa shape index (κ3) is 4.19. The van der Waals surface area contributed by atoms with Crippen LogP contribution in [0.2, 0.25) is 0 Å². The fourth-order valence-corrected chi connectivity index (χ4v) is 2.44. The Morgan fingerprint density at radius 2 is 1.71 bits per heavy atom. The van der Waals surface area contributed by atoms with E-state index in [1.807, 2.05) is 6.92 Å². The zero-order chi connectivity index (χ0) is 15.2. The monoisotopic (exact) mass is 281 g/mol. The maximum atomic E-state index is 10.4. The molecule has 0 saturated carbocycles. The van der Waals surface area contributed by atoms with E-state index in [1.54, 1.807) is 0 Å². The molecule has 0 saturated heterocycles. The molecule has 2 nitrogen and oxygen atoms in total. The molecule has 0 unspecified atom stereocenters. The fraction of sp³-hybridized carbons (Fsp3) is 0.316. The number of nitrogens with one attached hydrogen (secondary N) is 1. The molecule has 0 spiro atoms. The van der Waals surface area contributed by atoms with E-state index < -0.39 is 0 Å². The van der Waals surface area contributed by atoms with E-state index >= 15 is 0 Å². The van der Waals surface area contributed by atoms with Crippen molar-refractivity contribution in [1.82, 2.24) is 5.32 Å². The van der Waals surface area contributed by atoms with Crippen LogP contribution in [0, 0.1) is 13.8 Å². The van der Waals surface area contributed by atoms with Gasteiger partial charge in [-0.05, 0) is 55.9 Å². The number of rotatable bonds is 6. The van der Waals surface area contributed by atoms with Gasteiger partial charge in [-0.3, -0.25) is 4.79 Å². The first-order chi connectivity index (χ1) is 10.1. The highest BCUT2D eigenvalue weighted by molar-refractivity contribution is 5.65. The van der Waals surface area contributed by atoms with Crippen molar-refractivity contribution >= 4 is 6.41 Å². The molecule has 0 aliphatic heterocycles. The molecule has 0 aliphatic carbocycles. The second kappa shape index (κ2) is 7.07. The van der Waals surface area contributed by atoms with Gasteiger partial charge in [-0.1, -0.05) is 48.0 Å². The Labute approximate surface area is 127 Å². The summed E-state index contributed by atoms with van der Waals surface area (Å²) in [6, 6.07) is 15.5. The molecule has 2 heteroatoms. The van der Waals surface area contributed by atoms with Gasteiger partial charge in [0, 0.05) is 6.04 Å². The zero-order valence-electron chi connectivity index (χ0n) is 13.0. The van der Waals surface area contributed by atoms with Gasteiger partial charge in [-0.2, -0.15) is 0 Å². The molecule has 2 aromatic carbocycles. The Bertz CT molecular complexity index is 601. The number of hydrogen-bond acceptors (Lipinski definition) is 1. The summed E-state index contributed by atoms with van der Waals surface area (Å²) < 4.78 is 0. The van der Waals surface area contributed by atoms with Crippen LogP contribution in [0.15, 0.2) is 42.5 Å². The van der Waals surface area contributed by atoms with Gasteiger partial charge in [0.25, 0.3) is 0 Å². The van der Waals surface area contributed by atoms with E-state index in [9.17, 15) is 4.79 Å². The molecule has 1 amide bonds. The Kier molecular flexibility index (Phi) is 5.15. The van der Waals surface area contributed by atoms with Crippen LogP contribution in [0.25, 0.3) is 11.1 Å². The van der Waals surface area contributed by atoms with E-state index in [0.717, 1.165) is 19.3 Å². The van der Waals surface area contributed by atoms with Crippen LogP contribution >= 0.6 is 0 Å². The second-order valence-electron chi connectivity index (χ2n) is 5.73. The molecule has 110 valence electrons. The zero-order valence-corrected chi connectivity index (χ0v) is 13.0. The van der Waals surface area contributed by atoms with Crippen LogP contribution in [0.1, 0.15) is 30.0 Å².